The Kier molecular flexibility index (Phi) is 6.03. The Hall–Kier alpha value is -0.820. The van der Waals surface area contributed by atoms with Crippen LogP contribution < -0.4 is 10.6 Å². The molecule has 3 fully saturated rings. The molecule has 3 aliphatic carbocycles. The van der Waals surface area contributed by atoms with Gasteiger partial charge in [0.2, 0.25) is 11.0 Å². The molecule has 2 bridgehead atoms. The maximum Gasteiger partial charge on any atom is 0.230 e. The summed E-state index contributed by atoms with van der Waals surface area (Å²) in [5.41, 5.74) is 0. The molecule has 0 spiro atoms. The third-order valence-electron chi connectivity index (χ3n) is 6.49. The van der Waals surface area contributed by atoms with Crippen LogP contribution in [0.1, 0.15) is 64.7 Å². The summed E-state index contributed by atoms with van der Waals surface area (Å²) in [6.45, 7) is 2.19. The van der Waals surface area contributed by atoms with E-state index in [0.29, 0.717) is 23.8 Å². The number of hydrogen-bond donors (Lipinski definition) is 2. The lowest BCUT2D eigenvalue weighted by molar-refractivity contribution is -0.119. The van der Waals surface area contributed by atoms with Gasteiger partial charge >= 0.3 is 0 Å². The third kappa shape index (κ3) is 4.53. The number of amides is 1. The van der Waals surface area contributed by atoms with E-state index in [1.54, 1.807) is 11.3 Å². The molecule has 4 unspecified atom stereocenters. The van der Waals surface area contributed by atoms with E-state index in [4.69, 9.17) is 0 Å². The SMILES string of the molecule is CC(NC(=O)CSc1nnc(NC2CCCCC2)s1)C1CC2CCC1C2. The maximum atomic E-state index is 12.3. The number of rotatable bonds is 7. The summed E-state index contributed by atoms with van der Waals surface area (Å²) in [6.07, 6.45) is 11.9. The van der Waals surface area contributed by atoms with Crippen LogP contribution in [-0.2, 0) is 4.79 Å². The summed E-state index contributed by atoms with van der Waals surface area (Å²) < 4.78 is 0.881. The van der Waals surface area contributed by atoms with Crippen LogP contribution in [0.3, 0.4) is 0 Å². The molecule has 0 aliphatic heterocycles. The zero-order valence-electron chi connectivity index (χ0n) is 15.6. The van der Waals surface area contributed by atoms with Crippen LogP contribution in [0.15, 0.2) is 4.34 Å². The quantitative estimate of drug-likeness (QED) is 0.674. The van der Waals surface area contributed by atoms with Crippen molar-refractivity contribution in [2.45, 2.75) is 81.1 Å². The first-order chi connectivity index (χ1) is 12.7. The fourth-order valence-corrected chi connectivity index (χ4v) is 6.82. The van der Waals surface area contributed by atoms with Gasteiger partial charge in [0.15, 0.2) is 4.34 Å². The van der Waals surface area contributed by atoms with Gasteiger partial charge in [-0.05, 0) is 56.8 Å². The molecule has 5 nitrogen and oxygen atoms in total. The maximum absolute atomic E-state index is 12.3. The van der Waals surface area contributed by atoms with Gasteiger partial charge in [-0.1, -0.05) is 48.8 Å². The molecular weight excluding hydrogens is 364 g/mol. The number of fused-ring (bicyclic) bond motifs is 2. The number of hydrogen-bond acceptors (Lipinski definition) is 6. The molecule has 0 radical (unpaired) electrons. The predicted molar refractivity (Wildman–Crippen MR) is 108 cm³/mol. The van der Waals surface area contributed by atoms with Crippen molar-refractivity contribution in [3.8, 4) is 0 Å². The molecule has 1 aromatic heterocycles. The van der Waals surface area contributed by atoms with E-state index in [2.05, 4.69) is 27.8 Å². The van der Waals surface area contributed by atoms with E-state index in [0.717, 1.165) is 21.3 Å². The first kappa shape index (κ1) is 18.5. The highest BCUT2D eigenvalue weighted by atomic mass is 32.2. The van der Waals surface area contributed by atoms with Gasteiger partial charge < -0.3 is 10.6 Å². The lowest BCUT2D eigenvalue weighted by atomic mass is 9.84. The molecule has 3 aliphatic rings. The molecule has 4 rings (SSSR count). The monoisotopic (exact) mass is 394 g/mol. The first-order valence-corrected chi connectivity index (χ1v) is 12.0. The molecule has 1 aromatic rings. The van der Waals surface area contributed by atoms with Crippen molar-refractivity contribution in [1.29, 1.82) is 0 Å². The molecule has 4 atom stereocenters. The number of nitrogens with zero attached hydrogens (tertiary/aromatic N) is 2. The van der Waals surface area contributed by atoms with Crippen molar-refractivity contribution in [2.75, 3.05) is 11.1 Å². The summed E-state index contributed by atoms with van der Waals surface area (Å²) in [4.78, 5) is 12.3. The fourth-order valence-electron chi connectivity index (χ4n) is 5.18. The third-order valence-corrected chi connectivity index (χ3v) is 8.48. The van der Waals surface area contributed by atoms with Gasteiger partial charge in [0.05, 0.1) is 5.75 Å². The Balaban J connectivity index is 1.19. The van der Waals surface area contributed by atoms with Crippen molar-refractivity contribution in [3.05, 3.63) is 0 Å². The molecular formula is C19H30N4OS2. The van der Waals surface area contributed by atoms with Crippen molar-refractivity contribution in [2.24, 2.45) is 17.8 Å². The van der Waals surface area contributed by atoms with E-state index in [1.807, 2.05) is 0 Å². The van der Waals surface area contributed by atoms with E-state index in [-0.39, 0.29) is 5.91 Å². The Labute approximate surface area is 164 Å². The molecule has 26 heavy (non-hydrogen) atoms. The van der Waals surface area contributed by atoms with Gasteiger partial charge in [-0.2, -0.15) is 0 Å². The molecule has 1 amide bonds. The van der Waals surface area contributed by atoms with Crippen LogP contribution in [-0.4, -0.2) is 33.9 Å². The number of carbonyl (C=O) groups excluding carboxylic acids is 1. The highest BCUT2D eigenvalue weighted by Crippen LogP contribution is 2.49. The standard InChI is InChI=1S/C19H30N4OS2/c1-12(16-10-13-7-8-14(16)9-13)20-17(24)11-25-19-23-22-18(26-19)21-15-5-3-2-4-6-15/h12-16H,2-11H2,1H3,(H,20,24)(H,21,22). The minimum atomic E-state index is 0.127. The van der Waals surface area contributed by atoms with Gasteiger partial charge in [-0.3, -0.25) is 4.79 Å². The van der Waals surface area contributed by atoms with Crippen molar-refractivity contribution >= 4 is 34.1 Å². The lowest BCUT2D eigenvalue weighted by Crippen LogP contribution is -2.40. The number of thioether (sulfide) groups is 1. The first-order valence-electron chi connectivity index (χ1n) is 10.2. The summed E-state index contributed by atoms with van der Waals surface area (Å²) in [5.74, 6) is 3.02. The van der Waals surface area contributed by atoms with E-state index in [1.165, 1.54) is 69.5 Å². The molecule has 0 aromatic carbocycles. The topological polar surface area (TPSA) is 66.9 Å². The van der Waals surface area contributed by atoms with Crippen molar-refractivity contribution < 1.29 is 4.79 Å². The molecule has 0 saturated heterocycles. The minimum Gasteiger partial charge on any atom is -0.357 e. The largest absolute Gasteiger partial charge is 0.357 e. The second-order valence-corrected chi connectivity index (χ2v) is 10.5. The molecule has 1 heterocycles. The summed E-state index contributed by atoms with van der Waals surface area (Å²) in [6, 6.07) is 0.844. The summed E-state index contributed by atoms with van der Waals surface area (Å²) in [7, 11) is 0. The Morgan fingerprint density at radius 2 is 2.04 bits per heavy atom. The molecule has 7 heteroatoms. The Bertz CT molecular complexity index is 616. The average molecular weight is 395 g/mol. The van der Waals surface area contributed by atoms with Gasteiger partial charge in [-0.25, -0.2) is 0 Å². The summed E-state index contributed by atoms with van der Waals surface area (Å²) >= 11 is 3.08. The van der Waals surface area contributed by atoms with Crippen LogP contribution in [0, 0.1) is 17.8 Å². The smallest absolute Gasteiger partial charge is 0.230 e. The predicted octanol–water partition coefficient (Wildman–Crippen LogP) is 4.32. The number of nitrogens with one attached hydrogen (secondary N) is 2. The van der Waals surface area contributed by atoms with Crippen molar-refractivity contribution in [3.63, 3.8) is 0 Å². The Morgan fingerprint density at radius 3 is 2.77 bits per heavy atom. The van der Waals surface area contributed by atoms with Crippen molar-refractivity contribution in [1.82, 2.24) is 15.5 Å². The lowest BCUT2D eigenvalue weighted by Gasteiger charge is -2.28. The Morgan fingerprint density at radius 1 is 1.19 bits per heavy atom. The van der Waals surface area contributed by atoms with Crippen LogP contribution in [0.25, 0.3) is 0 Å². The van der Waals surface area contributed by atoms with Crippen LogP contribution in [0.2, 0.25) is 0 Å². The van der Waals surface area contributed by atoms with Gasteiger partial charge in [0.1, 0.15) is 0 Å². The minimum absolute atomic E-state index is 0.127. The molecule has 3 saturated carbocycles. The van der Waals surface area contributed by atoms with Gasteiger partial charge in [-0.15, -0.1) is 10.2 Å². The number of aromatic nitrogens is 2. The van der Waals surface area contributed by atoms with Crippen LogP contribution in [0.5, 0.6) is 0 Å². The van der Waals surface area contributed by atoms with E-state index < -0.39 is 0 Å². The zero-order valence-corrected chi connectivity index (χ0v) is 17.2. The van der Waals surface area contributed by atoms with E-state index in [9.17, 15) is 4.79 Å². The molecule has 144 valence electrons. The molecule has 2 N–H and O–H groups in total. The van der Waals surface area contributed by atoms with Crippen LogP contribution in [0.4, 0.5) is 5.13 Å². The second-order valence-electron chi connectivity index (χ2n) is 8.34. The van der Waals surface area contributed by atoms with Crippen LogP contribution >= 0.6 is 23.1 Å². The normalized spacial score (nSPS) is 29.7. The number of carbonyl (C=O) groups is 1. The van der Waals surface area contributed by atoms with Gasteiger partial charge in [0, 0.05) is 12.1 Å². The van der Waals surface area contributed by atoms with Gasteiger partial charge in [0.25, 0.3) is 0 Å². The van der Waals surface area contributed by atoms with E-state index >= 15 is 0 Å². The zero-order chi connectivity index (χ0) is 17.9. The number of anilines is 1. The highest BCUT2D eigenvalue weighted by Gasteiger charge is 2.42. The second kappa shape index (κ2) is 8.46. The fraction of sp³-hybridized carbons (Fsp3) is 0.842. The summed E-state index contributed by atoms with van der Waals surface area (Å²) in [5, 5.41) is 16.1. The average Bonchev–Trinajstić information content (AvgIpc) is 3.38. The highest BCUT2D eigenvalue weighted by molar-refractivity contribution is 8.01.